The van der Waals surface area contributed by atoms with Crippen molar-refractivity contribution in [2.24, 2.45) is 0 Å². The van der Waals surface area contributed by atoms with Gasteiger partial charge in [-0.25, -0.2) is 8.78 Å². The van der Waals surface area contributed by atoms with E-state index < -0.39 is 11.6 Å². The molecular formula is C15H16F2N2. The van der Waals surface area contributed by atoms with Crippen molar-refractivity contribution in [3.63, 3.8) is 0 Å². The molecule has 2 atom stereocenters. The van der Waals surface area contributed by atoms with Crippen LogP contribution in [0.3, 0.4) is 0 Å². The molecule has 0 aliphatic rings. The Morgan fingerprint density at radius 2 is 1.89 bits per heavy atom. The molecule has 2 nitrogen and oxygen atoms in total. The molecule has 4 heteroatoms. The first-order chi connectivity index (χ1) is 9.08. The van der Waals surface area contributed by atoms with Crippen molar-refractivity contribution in [2.45, 2.75) is 25.9 Å². The quantitative estimate of drug-likeness (QED) is 0.907. The molecule has 1 aromatic heterocycles. The number of hydrogen-bond acceptors (Lipinski definition) is 2. The minimum absolute atomic E-state index is 0.0353. The Hall–Kier alpha value is -1.81. The fourth-order valence-corrected chi connectivity index (χ4v) is 2.05. The molecule has 2 rings (SSSR count). The van der Waals surface area contributed by atoms with Crippen LogP contribution in [0, 0.1) is 11.6 Å². The van der Waals surface area contributed by atoms with Gasteiger partial charge in [-0.1, -0.05) is 12.1 Å². The van der Waals surface area contributed by atoms with Gasteiger partial charge in [0.1, 0.15) is 11.6 Å². The highest BCUT2D eigenvalue weighted by Crippen LogP contribution is 2.21. The van der Waals surface area contributed by atoms with Crippen LogP contribution in [-0.4, -0.2) is 4.98 Å². The van der Waals surface area contributed by atoms with Crippen molar-refractivity contribution in [1.82, 2.24) is 10.3 Å². The molecule has 0 aliphatic heterocycles. The predicted octanol–water partition coefficient (Wildman–Crippen LogP) is 3.77. The number of benzene rings is 1. The number of aromatic nitrogens is 1. The third kappa shape index (κ3) is 3.35. The average Bonchev–Trinajstić information content (AvgIpc) is 2.39. The summed E-state index contributed by atoms with van der Waals surface area (Å²) in [5.74, 6) is -1.09. The summed E-state index contributed by atoms with van der Waals surface area (Å²) < 4.78 is 26.5. The highest BCUT2D eigenvalue weighted by Gasteiger charge is 2.14. The van der Waals surface area contributed by atoms with Crippen LogP contribution in [0.25, 0.3) is 0 Å². The van der Waals surface area contributed by atoms with E-state index in [0.29, 0.717) is 5.56 Å². The third-order valence-corrected chi connectivity index (χ3v) is 3.11. The first-order valence-electron chi connectivity index (χ1n) is 6.19. The highest BCUT2D eigenvalue weighted by atomic mass is 19.1. The Morgan fingerprint density at radius 3 is 2.53 bits per heavy atom. The molecule has 1 aromatic carbocycles. The van der Waals surface area contributed by atoms with Crippen LogP contribution in [-0.2, 0) is 0 Å². The summed E-state index contributed by atoms with van der Waals surface area (Å²) in [6, 6.07) is 7.28. The number of halogens is 2. The summed E-state index contributed by atoms with van der Waals surface area (Å²) in [5.41, 5.74) is 1.48. The Balaban J connectivity index is 2.10. The number of rotatable bonds is 4. The van der Waals surface area contributed by atoms with Gasteiger partial charge in [-0.3, -0.25) is 4.98 Å². The van der Waals surface area contributed by atoms with Gasteiger partial charge in [-0.05, 0) is 31.5 Å². The zero-order chi connectivity index (χ0) is 13.8. The van der Waals surface area contributed by atoms with Crippen molar-refractivity contribution in [2.75, 3.05) is 0 Å². The largest absolute Gasteiger partial charge is 0.303 e. The first-order valence-corrected chi connectivity index (χ1v) is 6.19. The van der Waals surface area contributed by atoms with E-state index in [1.807, 2.05) is 26.0 Å². The Kier molecular flexibility index (Phi) is 4.22. The van der Waals surface area contributed by atoms with Crippen molar-refractivity contribution in [3.8, 4) is 0 Å². The van der Waals surface area contributed by atoms with Gasteiger partial charge in [0.15, 0.2) is 0 Å². The second-order valence-electron chi connectivity index (χ2n) is 4.56. The lowest BCUT2D eigenvalue weighted by Crippen LogP contribution is -2.23. The molecule has 0 saturated heterocycles. The van der Waals surface area contributed by atoms with E-state index in [0.717, 1.165) is 11.6 Å². The van der Waals surface area contributed by atoms with Crippen LogP contribution in [0.2, 0.25) is 0 Å². The SMILES string of the molecule is CC(NC(C)c1ccc(F)cc1F)c1cccnc1. The molecule has 0 fully saturated rings. The van der Waals surface area contributed by atoms with E-state index in [1.165, 1.54) is 12.1 Å². The van der Waals surface area contributed by atoms with Gasteiger partial charge < -0.3 is 5.32 Å². The minimum atomic E-state index is -0.561. The van der Waals surface area contributed by atoms with Gasteiger partial charge >= 0.3 is 0 Å². The lowest BCUT2D eigenvalue weighted by atomic mass is 10.0. The zero-order valence-electron chi connectivity index (χ0n) is 10.9. The van der Waals surface area contributed by atoms with Crippen LogP contribution in [0.15, 0.2) is 42.7 Å². The van der Waals surface area contributed by atoms with Crippen molar-refractivity contribution in [1.29, 1.82) is 0 Å². The molecule has 0 radical (unpaired) electrons. The number of hydrogen-bond donors (Lipinski definition) is 1. The molecular weight excluding hydrogens is 246 g/mol. The molecule has 19 heavy (non-hydrogen) atoms. The van der Waals surface area contributed by atoms with Crippen molar-refractivity contribution < 1.29 is 8.78 Å². The Bertz CT molecular complexity index is 543. The van der Waals surface area contributed by atoms with Crippen molar-refractivity contribution >= 4 is 0 Å². The molecule has 100 valence electrons. The van der Waals surface area contributed by atoms with Gasteiger partial charge in [0, 0.05) is 36.1 Å². The average molecular weight is 262 g/mol. The molecule has 1 heterocycles. The molecule has 0 aliphatic carbocycles. The van der Waals surface area contributed by atoms with Crippen LogP contribution < -0.4 is 5.32 Å². The lowest BCUT2D eigenvalue weighted by molar-refractivity contribution is 0.470. The number of nitrogens with one attached hydrogen (secondary N) is 1. The van der Waals surface area contributed by atoms with Crippen LogP contribution in [0.4, 0.5) is 8.78 Å². The highest BCUT2D eigenvalue weighted by molar-refractivity contribution is 5.22. The van der Waals surface area contributed by atoms with E-state index in [1.54, 1.807) is 12.4 Å². The first kappa shape index (κ1) is 13.6. The molecule has 0 saturated carbocycles. The summed E-state index contributed by atoms with van der Waals surface area (Å²) in [6.45, 7) is 3.83. The van der Waals surface area contributed by atoms with Gasteiger partial charge in [0.05, 0.1) is 0 Å². The maximum absolute atomic E-state index is 13.7. The van der Waals surface area contributed by atoms with Crippen LogP contribution in [0.5, 0.6) is 0 Å². The molecule has 0 bridgehead atoms. The molecule has 0 amide bonds. The summed E-state index contributed by atoms with van der Waals surface area (Å²) in [5, 5.41) is 3.27. The number of pyridine rings is 1. The van der Waals surface area contributed by atoms with E-state index in [2.05, 4.69) is 10.3 Å². The second kappa shape index (κ2) is 5.89. The topological polar surface area (TPSA) is 24.9 Å². The van der Waals surface area contributed by atoms with E-state index in [9.17, 15) is 8.78 Å². The monoisotopic (exact) mass is 262 g/mol. The zero-order valence-corrected chi connectivity index (χ0v) is 10.9. The van der Waals surface area contributed by atoms with Gasteiger partial charge in [-0.15, -0.1) is 0 Å². The predicted molar refractivity (Wildman–Crippen MR) is 70.6 cm³/mol. The minimum Gasteiger partial charge on any atom is -0.303 e. The summed E-state index contributed by atoms with van der Waals surface area (Å²) >= 11 is 0. The van der Waals surface area contributed by atoms with E-state index in [4.69, 9.17) is 0 Å². The number of nitrogens with zero attached hydrogens (tertiary/aromatic N) is 1. The van der Waals surface area contributed by atoms with Gasteiger partial charge in [-0.2, -0.15) is 0 Å². The smallest absolute Gasteiger partial charge is 0.130 e. The van der Waals surface area contributed by atoms with Crippen LogP contribution in [0.1, 0.15) is 37.1 Å². The van der Waals surface area contributed by atoms with Crippen molar-refractivity contribution in [3.05, 3.63) is 65.5 Å². The standard InChI is InChI=1S/C15H16F2N2/c1-10(12-4-3-7-18-9-12)19-11(2)14-6-5-13(16)8-15(14)17/h3-11,19H,1-2H3. The van der Waals surface area contributed by atoms with E-state index >= 15 is 0 Å². The molecule has 2 unspecified atom stereocenters. The lowest BCUT2D eigenvalue weighted by Gasteiger charge is -2.21. The van der Waals surface area contributed by atoms with Gasteiger partial charge in [0.2, 0.25) is 0 Å². The fourth-order valence-electron chi connectivity index (χ4n) is 2.05. The molecule has 2 aromatic rings. The summed E-state index contributed by atoms with van der Waals surface area (Å²) in [6.07, 6.45) is 3.48. The third-order valence-electron chi connectivity index (χ3n) is 3.11. The maximum Gasteiger partial charge on any atom is 0.130 e. The van der Waals surface area contributed by atoms with E-state index in [-0.39, 0.29) is 12.1 Å². The van der Waals surface area contributed by atoms with Crippen LogP contribution >= 0.6 is 0 Å². The normalized spacial score (nSPS) is 14.1. The molecule has 0 spiro atoms. The Labute approximate surface area is 111 Å². The summed E-state index contributed by atoms with van der Waals surface area (Å²) in [7, 11) is 0. The fraction of sp³-hybridized carbons (Fsp3) is 0.267. The maximum atomic E-state index is 13.7. The molecule has 1 N–H and O–H groups in total. The second-order valence-corrected chi connectivity index (χ2v) is 4.56. The Morgan fingerprint density at radius 1 is 1.11 bits per heavy atom. The summed E-state index contributed by atoms with van der Waals surface area (Å²) in [4.78, 5) is 4.05. The van der Waals surface area contributed by atoms with Gasteiger partial charge in [0.25, 0.3) is 0 Å².